The Labute approximate surface area is 212 Å². The lowest BCUT2D eigenvalue weighted by molar-refractivity contribution is 0.307. The van der Waals surface area contributed by atoms with Crippen molar-refractivity contribution in [1.82, 2.24) is 0 Å². The second-order valence-corrected chi connectivity index (χ2v) is 8.31. The van der Waals surface area contributed by atoms with E-state index in [1.165, 1.54) is 10.8 Å². The van der Waals surface area contributed by atoms with Gasteiger partial charge in [0.2, 0.25) is 5.88 Å². The lowest BCUT2D eigenvalue weighted by Crippen LogP contribution is -1.97. The van der Waals surface area contributed by atoms with Gasteiger partial charge in [-0.05, 0) is 58.3 Å². The van der Waals surface area contributed by atoms with Crippen LogP contribution in [0.4, 0.5) is 5.88 Å². The molecular weight excluding hydrogens is 464 g/mol. The molecule has 0 bridgehead atoms. The van der Waals surface area contributed by atoms with Crippen LogP contribution in [0.3, 0.4) is 0 Å². The SMILES string of the molecule is N#Cc1c(N=Cc2cccc(OCc3cccc4ccccc34)c2)oc(-c2ccco2)c1-c1ccco1. The molecule has 37 heavy (non-hydrogen) atoms. The fraction of sp³-hybridized carbons (Fsp3) is 0.0323. The van der Waals surface area contributed by atoms with Gasteiger partial charge in [-0.3, -0.25) is 0 Å². The van der Waals surface area contributed by atoms with Gasteiger partial charge in [0, 0.05) is 6.21 Å². The van der Waals surface area contributed by atoms with Crippen molar-refractivity contribution >= 4 is 22.9 Å². The van der Waals surface area contributed by atoms with Gasteiger partial charge in [-0.15, -0.1) is 0 Å². The normalized spacial score (nSPS) is 11.2. The third-order valence-electron chi connectivity index (χ3n) is 5.98. The Kier molecular flexibility index (Phi) is 5.86. The van der Waals surface area contributed by atoms with Crippen molar-refractivity contribution in [1.29, 1.82) is 5.26 Å². The Morgan fingerprint density at radius 1 is 0.838 bits per heavy atom. The summed E-state index contributed by atoms with van der Waals surface area (Å²) in [5.41, 5.74) is 2.68. The molecule has 0 saturated heterocycles. The molecule has 0 aliphatic rings. The number of benzene rings is 3. The molecule has 6 aromatic rings. The number of ether oxygens (including phenoxy) is 1. The zero-order valence-corrected chi connectivity index (χ0v) is 19.6. The highest BCUT2D eigenvalue weighted by Gasteiger charge is 2.26. The number of rotatable bonds is 7. The molecule has 0 atom stereocenters. The van der Waals surface area contributed by atoms with Gasteiger partial charge in [-0.1, -0.05) is 54.6 Å². The fourth-order valence-electron chi connectivity index (χ4n) is 4.25. The summed E-state index contributed by atoms with van der Waals surface area (Å²) in [6.45, 7) is 0.442. The van der Waals surface area contributed by atoms with E-state index in [1.807, 2.05) is 42.5 Å². The van der Waals surface area contributed by atoms with Crippen LogP contribution in [0.1, 0.15) is 16.7 Å². The molecule has 0 fully saturated rings. The smallest absolute Gasteiger partial charge is 0.238 e. The fourth-order valence-corrected chi connectivity index (χ4v) is 4.25. The van der Waals surface area contributed by atoms with Gasteiger partial charge >= 0.3 is 0 Å². The Bertz CT molecular complexity index is 1730. The predicted molar refractivity (Wildman–Crippen MR) is 141 cm³/mol. The monoisotopic (exact) mass is 484 g/mol. The Morgan fingerprint density at radius 2 is 1.62 bits per heavy atom. The molecule has 3 aromatic heterocycles. The molecule has 0 amide bonds. The summed E-state index contributed by atoms with van der Waals surface area (Å²) >= 11 is 0. The molecule has 6 rings (SSSR count). The van der Waals surface area contributed by atoms with E-state index >= 15 is 0 Å². The highest BCUT2D eigenvalue weighted by Crippen LogP contribution is 2.42. The molecule has 6 heteroatoms. The number of nitrogens with zero attached hydrogens (tertiary/aromatic N) is 2. The summed E-state index contributed by atoms with van der Waals surface area (Å²) in [6, 6.07) is 31.3. The molecule has 0 N–H and O–H groups in total. The lowest BCUT2D eigenvalue weighted by atomic mass is 10.1. The van der Waals surface area contributed by atoms with Crippen molar-refractivity contribution in [2.45, 2.75) is 6.61 Å². The van der Waals surface area contributed by atoms with Crippen LogP contribution in [-0.4, -0.2) is 6.21 Å². The van der Waals surface area contributed by atoms with Crippen molar-refractivity contribution < 1.29 is 18.0 Å². The van der Waals surface area contributed by atoms with Gasteiger partial charge in [-0.2, -0.15) is 5.26 Å². The third kappa shape index (κ3) is 4.42. The minimum absolute atomic E-state index is 0.169. The van der Waals surface area contributed by atoms with E-state index in [0.29, 0.717) is 35.2 Å². The number of hydrogen-bond acceptors (Lipinski definition) is 6. The van der Waals surface area contributed by atoms with Crippen LogP contribution < -0.4 is 4.74 Å². The minimum Gasteiger partial charge on any atom is -0.489 e. The molecule has 178 valence electrons. The summed E-state index contributed by atoms with van der Waals surface area (Å²) < 4.78 is 23.2. The Hall–Kier alpha value is -5.28. The molecule has 0 unspecified atom stereocenters. The summed E-state index contributed by atoms with van der Waals surface area (Å²) in [6.07, 6.45) is 4.73. The number of aliphatic imine (C=N–C) groups is 1. The second kappa shape index (κ2) is 9.76. The summed E-state index contributed by atoms with van der Waals surface area (Å²) in [4.78, 5) is 4.50. The highest BCUT2D eigenvalue weighted by molar-refractivity contribution is 5.88. The van der Waals surface area contributed by atoms with Crippen molar-refractivity contribution in [3.8, 4) is 34.7 Å². The Balaban J connectivity index is 1.28. The van der Waals surface area contributed by atoms with Gasteiger partial charge in [0.1, 0.15) is 29.7 Å². The van der Waals surface area contributed by atoms with E-state index in [-0.39, 0.29) is 11.4 Å². The van der Waals surface area contributed by atoms with Gasteiger partial charge in [0.25, 0.3) is 0 Å². The van der Waals surface area contributed by atoms with Crippen LogP contribution in [0.5, 0.6) is 5.75 Å². The van der Waals surface area contributed by atoms with Crippen LogP contribution >= 0.6 is 0 Å². The molecule has 3 aromatic carbocycles. The minimum atomic E-state index is 0.169. The largest absolute Gasteiger partial charge is 0.489 e. The van der Waals surface area contributed by atoms with E-state index < -0.39 is 0 Å². The predicted octanol–water partition coefficient (Wildman–Crippen LogP) is 8.15. The maximum atomic E-state index is 9.93. The highest BCUT2D eigenvalue weighted by atomic mass is 16.5. The molecule has 0 radical (unpaired) electrons. The Morgan fingerprint density at radius 3 is 2.43 bits per heavy atom. The molecular formula is C31H20N2O4. The van der Waals surface area contributed by atoms with Gasteiger partial charge in [-0.25, -0.2) is 4.99 Å². The molecule has 0 spiro atoms. The molecule has 0 aliphatic carbocycles. The standard InChI is InChI=1S/C31H20N2O4/c32-18-26-29(27-13-5-15-34-27)30(28-14-6-16-35-28)37-31(26)33-19-21-7-3-11-24(17-21)36-20-23-10-4-9-22-8-1-2-12-25(22)23/h1-17,19H,20H2. The maximum absolute atomic E-state index is 9.93. The van der Waals surface area contributed by atoms with E-state index in [9.17, 15) is 5.26 Å². The summed E-state index contributed by atoms with van der Waals surface area (Å²) in [5.74, 6) is 2.24. The van der Waals surface area contributed by atoms with Crippen LogP contribution in [0, 0.1) is 11.3 Å². The molecule has 0 saturated carbocycles. The van der Waals surface area contributed by atoms with Gasteiger partial charge in [0.05, 0.1) is 18.1 Å². The van der Waals surface area contributed by atoms with Crippen LogP contribution in [0.15, 0.2) is 122 Å². The first-order valence-corrected chi connectivity index (χ1v) is 11.7. The number of nitriles is 1. The number of fused-ring (bicyclic) bond motifs is 1. The van der Waals surface area contributed by atoms with Gasteiger partial charge < -0.3 is 18.0 Å². The second-order valence-electron chi connectivity index (χ2n) is 8.31. The average Bonchev–Trinajstić information content (AvgIpc) is 3.71. The van der Waals surface area contributed by atoms with E-state index in [1.54, 1.807) is 43.0 Å². The summed E-state index contributed by atoms with van der Waals surface area (Å²) in [5, 5.41) is 12.3. The first kappa shape index (κ1) is 22.2. The average molecular weight is 485 g/mol. The third-order valence-corrected chi connectivity index (χ3v) is 5.98. The number of hydrogen-bond donors (Lipinski definition) is 0. The first-order valence-electron chi connectivity index (χ1n) is 11.7. The van der Waals surface area contributed by atoms with Crippen LogP contribution in [-0.2, 0) is 6.61 Å². The van der Waals surface area contributed by atoms with E-state index in [0.717, 1.165) is 11.1 Å². The molecule has 3 heterocycles. The maximum Gasteiger partial charge on any atom is 0.238 e. The molecule has 6 nitrogen and oxygen atoms in total. The lowest BCUT2D eigenvalue weighted by Gasteiger charge is -2.09. The van der Waals surface area contributed by atoms with E-state index in [4.69, 9.17) is 18.0 Å². The van der Waals surface area contributed by atoms with Crippen molar-refractivity contribution in [2.75, 3.05) is 0 Å². The van der Waals surface area contributed by atoms with Crippen molar-refractivity contribution in [3.63, 3.8) is 0 Å². The quantitative estimate of drug-likeness (QED) is 0.213. The first-order chi connectivity index (χ1) is 18.3. The van der Waals surface area contributed by atoms with Crippen molar-refractivity contribution in [2.24, 2.45) is 4.99 Å². The van der Waals surface area contributed by atoms with Crippen LogP contribution in [0.25, 0.3) is 33.6 Å². The van der Waals surface area contributed by atoms with Gasteiger partial charge in [0.15, 0.2) is 11.5 Å². The van der Waals surface area contributed by atoms with E-state index in [2.05, 4.69) is 35.3 Å². The summed E-state index contributed by atoms with van der Waals surface area (Å²) in [7, 11) is 0. The number of furan rings is 3. The topological polar surface area (TPSA) is 84.8 Å². The zero-order valence-electron chi connectivity index (χ0n) is 19.6. The zero-order chi connectivity index (χ0) is 25.0. The van der Waals surface area contributed by atoms with Crippen LogP contribution in [0.2, 0.25) is 0 Å². The van der Waals surface area contributed by atoms with Crippen molar-refractivity contribution in [3.05, 3.63) is 120 Å². The molecule has 0 aliphatic heterocycles.